The quantitative estimate of drug-likeness (QED) is 0.120. The van der Waals surface area contributed by atoms with E-state index in [1.54, 1.807) is 37.3 Å². The lowest BCUT2D eigenvalue weighted by Gasteiger charge is -2.01. The molecule has 1 aromatic rings. The molecule has 1 aromatic carbocycles. The van der Waals surface area contributed by atoms with Crippen LogP contribution in [0.3, 0.4) is 0 Å². The Hall–Kier alpha value is -2.79. The summed E-state index contributed by atoms with van der Waals surface area (Å²) in [6.45, 7) is 25.1. The lowest BCUT2D eigenvalue weighted by atomic mass is 10.0. The molecule has 2 N–H and O–H groups in total. The molecule has 1 amide bonds. The number of carbonyl (C=O) groups is 2. The maximum atomic E-state index is 12.9. The maximum Gasteiger partial charge on any atom is 0.230 e. The summed E-state index contributed by atoms with van der Waals surface area (Å²) in [6.07, 6.45) is 4.53. The van der Waals surface area contributed by atoms with Crippen LogP contribution in [-0.2, 0) is 4.79 Å². The zero-order valence-corrected chi connectivity index (χ0v) is 20.8. The Labute approximate surface area is 189 Å². The van der Waals surface area contributed by atoms with Gasteiger partial charge in [-0.15, -0.1) is 0 Å². The van der Waals surface area contributed by atoms with Gasteiger partial charge in [0.05, 0.1) is 0 Å². The third-order valence-corrected chi connectivity index (χ3v) is 3.42. The topological polar surface area (TPSA) is 66.4 Å². The summed E-state index contributed by atoms with van der Waals surface area (Å²) in [7, 11) is 0. The standard InChI is InChI=1S/C15H15FO.C6H12.2C2H6.CH3NO2/c1-4-15(16)10-5-11(2)13-6-8-14(9-7-13)12(3)17;1-5(2)6(3)4;2*1-2;3-1-2-4/h4-10H,2H2,1,3H3;6H,1H2,2-4H3;2*1-2H3;1,4H,(H,2,3)/b10-5-,15-4+;;;;. The molecule has 0 aliphatic rings. The highest BCUT2D eigenvalue weighted by Gasteiger charge is 2.00. The number of hydrogen-bond donors (Lipinski definition) is 2. The number of nitrogens with one attached hydrogen (secondary N) is 1. The van der Waals surface area contributed by atoms with E-state index in [9.17, 15) is 9.18 Å². The molecule has 0 bridgehead atoms. The molecule has 0 radical (unpaired) electrons. The number of benzene rings is 1. The van der Waals surface area contributed by atoms with Crippen molar-refractivity contribution in [3.05, 3.63) is 78.2 Å². The van der Waals surface area contributed by atoms with Crippen molar-refractivity contribution < 1.29 is 19.2 Å². The molecule has 0 aliphatic carbocycles. The van der Waals surface area contributed by atoms with Gasteiger partial charge in [0.15, 0.2) is 5.78 Å². The highest BCUT2D eigenvalue weighted by Crippen LogP contribution is 2.16. The van der Waals surface area contributed by atoms with E-state index in [1.165, 1.54) is 30.1 Å². The summed E-state index contributed by atoms with van der Waals surface area (Å²) in [4.78, 5) is 19.9. The van der Waals surface area contributed by atoms with Gasteiger partial charge in [-0.1, -0.05) is 96.7 Å². The summed E-state index contributed by atoms with van der Waals surface area (Å²) in [5, 5.41) is 7.26. The molecule has 0 aliphatic heterocycles. The van der Waals surface area contributed by atoms with Gasteiger partial charge in [-0.05, 0) is 43.9 Å². The summed E-state index contributed by atoms with van der Waals surface area (Å²) < 4.78 is 12.9. The minimum Gasteiger partial charge on any atom is -0.295 e. The van der Waals surface area contributed by atoms with Crippen LogP contribution < -0.4 is 5.48 Å². The van der Waals surface area contributed by atoms with Crippen molar-refractivity contribution in [1.82, 2.24) is 5.48 Å². The average Bonchev–Trinajstić information content (AvgIpc) is 2.80. The SMILES string of the molecule is C=C(/C=C\C(F)=C/C)c1ccc(C(C)=O)cc1.C=C(C)C(C)C.CC.CC.O=CNO. The van der Waals surface area contributed by atoms with Crippen molar-refractivity contribution in [1.29, 1.82) is 0 Å². The van der Waals surface area contributed by atoms with E-state index in [0.717, 1.165) is 5.56 Å². The van der Waals surface area contributed by atoms with E-state index in [-0.39, 0.29) is 18.0 Å². The molecule has 0 heterocycles. The van der Waals surface area contributed by atoms with E-state index in [0.29, 0.717) is 17.1 Å². The molecule has 0 saturated heterocycles. The molecule has 5 heteroatoms. The van der Waals surface area contributed by atoms with Crippen LogP contribution in [0.1, 0.15) is 78.2 Å². The van der Waals surface area contributed by atoms with Crippen LogP contribution in [0.4, 0.5) is 4.39 Å². The van der Waals surface area contributed by atoms with Crippen molar-refractivity contribution in [3.8, 4) is 0 Å². The fourth-order valence-electron chi connectivity index (χ4n) is 1.29. The van der Waals surface area contributed by atoms with Gasteiger partial charge in [0.25, 0.3) is 0 Å². The Morgan fingerprint density at radius 1 is 1.00 bits per heavy atom. The monoisotopic (exact) mass is 435 g/mol. The van der Waals surface area contributed by atoms with E-state index in [4.69, 9.17) is 10.0 Å². The van der Waals surface area contributed by atoms with Gasteiger partial charge in [0, 0.05) is 5.56 Å². The normalized spacial score (nSPS) is 9.35. The highest BCUT2D eigenvalue weighted by molar-refractivity contribution is 5.94. The van der Waals surface area contributed by atoms with Crippen LogP contribution in [0.2, 0.25) is 0 Å². The molecule has 31 heavy (non-hydrogen) atoms. The van der Waals surface area contributed by atoms with Crippen molar-refractivity contribution in [3.63, 3.8) is 0 Å². The van der Waals surface area contributed by atoms with Gasteiger partial charge >= 0.3 is 0 Å². The fraction of sp³-hybridized carbons (Fsp3) is 0.385. The van der Waals surface area contributed by atoms with Crippen LogP contribution in [0.15, 0.2) is 67.1 Å². The Morgan fingerprint density at radius 3 is 1.61 bits per heavy atom. The fourth-order valence-corrected chi connectivity index (χ4v) is 1.29. The molecule has 1 rings (SSSR count). The smallest absolute Gasteiger partial charge is 0.230 e. The highest BCUT2D eigenvalue weighted by atomic mass is 19.1. The predicted octanol–water partition coefficient (Wildman–Crippen LogP) is 7.72. The number of Topliss-reactive ketones (excluding diaryl/α,β-unsaturated/α-hetero) is 1. The summed E-state index contributed by atoms with van der Waals surface area (Å²) in [5.41, 5.74) is 4.74. The minimum atomic E-state index is -0.300. The van der Waals surface area contributed by atoms with Gasteiger partial charge in [-0.2, -0.15) is 0 Å². The van der Waals surface area contributed by atoms with E-state index in [1.807, 2.05) is 34.6 Å². The molecule has 0 spiro atoms. The van der Waals surface area contributed by atoms with Crippen molar-refractivity contribution in [2.75, 3.05) is 0 Å². The Morgan fingerprint density at radius 2 is 1.35 bits per heavy atom. The first kappa shape index (κ1) is 35.6. The molecule has 0 atom stereocenters. The summed E-state index contributed by atoms with van der Waals surface area (Å²) >= 11 is 0. The molecule has 176 valence electrons. The van der Waals surface area contributed by atoms with E-state index < -0.39 is 0 Å². The molecule has 0 unspecified atom stereocenters. The number of hydroxylamine groups is 1. The third-order valence-electron chi connectivity index (χ3n) is 3.42. The first-order chi connectivity index (χ1) is 14.6. The van der Waals surface area contributed by atoms with Gasteiger partial charge < -0.3 is 0 Å². The molecule has 0 aromatic heterocycles. The third kappa shape index (κ3) is 23.4. The second-order valence-electron chi connectivity index (χ2n) is 5.91. The minimum absolute atomic E-state index is 0.0256. The number of rotatable bonds is 6. The predicted molar refractivity (Wildman–Crippen MR) is 133 cm³/mol. The average molecular weight is 436 g/mol. The van der Waals surface area contributed by atoms with E-state index >= 15 is 0 Å². The van der Waals surface area contributed by atoms with E-state index in [2.05, 4.69) is 27.0 Å². The number of allylic oxidation sites excluding steroid dienone is 6. The second kappa shape index (κ2) is 25.2. The van der Waals surface area contributed by atoms with Gasteiger partial charge in [-0.25, -0.2) is 9.87 Å². The second-order valence-corrected chi connectivity index (χ2v) is 5.91. The number of amides is 1. The van der Waals surface area contributed by atoms with Crippen molar-refractivity contribution in [2.24, 2.45) is 5.92 Å². The summed E-state index contributed by atoms with van der Waals surface area (Å²) in [6, 6.07) is 7.08. The lowest BCUT2D eigenvalue weighted by molar-refractivity contribution is -0.116. The maximum absolute atomic E-state index is 12.9. The van der Waals surface area contributed by atoms with Crippen molar-refractivity contribution in [2.45, 2.75) is 62.3 Å². The van der Waals surface area contributed by atoms with Crippen LogP contribution in [0.25, 0.3) is 5.57 Å². The number of ketones is 1. The lowest BCUT2D eigenvalue weighted by Crippen LogP contribution is -1.99. The molecule has 0 fully saturated rings. The van der Waals surface area contributed by atoms with Crippen molar-refractivity contribution >= 4 is 17.8 Å². The van der Waals surface area contributed by atoms with Crippen LogP contribution in [0, 0.1) is 5.92 Å². The van der Waals surface area contributed by atoms with Gasteiger partial charge in [-0.3, -0.25) is 14.8 Å². The molecular formula is C26H42FNO3. The van der Waals surface area contributed by atoms with Crippen LogP contribution in [0.5, 0.6) is 0 Å². The Balaban J connectivity index is -0.000000215. The van der Waals surface area contributed by atoms with Crippen LogP contribution in [-0.4, -0.2) is 17.4 Å². The zero-order valence-electron chi connectivity index (χ0n) is 20.8. The van der Waals surface area contributed by atoms with Crippen LogP contribution >= 0.6 is 0 Å². The Kier molecular flexibility index (Phi) is 29.0. The molecule has 4 nitrogen and oxygen atoms in total. The first-order valence-corrected chi connectivity index (χ1v) is 10.4. The molecule has 0 saturated carbocycles. The first-order valence-electron chi connectivity index (χ1n) is 10.4. The largest absolute Gasteiger partial charge is 0.295 e. The van der Waals surface area contributed by atoms with Gasteiger partial charge in [0.1, 0.15) is 5.83 Å². The zero-order chi connectivity index (χ0) is 25.4. The van der Waals surface area contributed by atoms with Gasteiger partial charge in [0.2, 0.25) is 6.41 Å². The Bertz CT molecular complexity index is 672. The molecular weight excluding hydrogens is 393 g/mol. The number of hydrogen-bond acceptors (Lipinski definition) is 3. The number of carbonyl (C=O) groups excluding carboxylic acids is 2. The number of halogens is 1. The summed E-state index contributed by atoms with van der Waals surface area (Å²) in [5.74, 6) is 0.383.